The molecule has 228 valence electrons. The number of hydrogen-bond donors (Lipinski definition) is 3. The average molecular weight is 548 g/mol. The Morgan fingerprint density at radius 3 is 1.49 bits per heavy atom. The molecule has 0 saturated carbocycles. The molecule has 0 radical (unpaired) electrons. The Morgan fingerprint density at radius 2 is 1.00 bits per heavy atom. The smallest absolute Gasteiger partial charge is 0.220 e. The van der Waals surface area contributed by atoms with Crippen molar-refractivity contribution in [1.29, 1.82) is 0 Å². The summed E-state index contributed by atoms with van der Waals surface area (Å²) in [6, 6.07) is -0.637. The Balaban J connectivity index is 3.63. The molecule has 0 aliphatic heterocycles. The van der Waals surface area contributed by atoms with E-state index in [0.29, 0.717) is 6.42 Å². The van der Waals surface area contributed by atoms with Gasteiger partial charge in [0.2, 0.25) is 5.91 Å². The zero-order valence-corrected chi connectivity index (χ0v) is 25.9. The van der Waals surface area contributed by atoms with Gasteiger partial charge in [0.25, 0.3) is 0 Å². The first-order valence-corrected chi connectivity index (χ1v) is 16.7. The molecule has 0 fully saturated rings. The number of unbranched alkanes of at least 4 members (excludes halogenated alkanes) is 18. The van der Waals surface area contributed by atoms with Gasteiger partial charge in [-0.1, -0.05) is 147 Å². The highest BCUT2D eigenvalue weighted by atomic mass is 16.3. The van der Waals surface area contributed by atoms with Crippen LogP contribution in [-0.4, -0.2) is 34.9 Å². The topological polar surface area (TPSA) is 69.6 Å². The van der Waals surface area contributed by atoms with Crippen molar-refractivity contribution in [2.24, 2.45) is 0 Å². The van der Waals surface area contributed by atoms with E-state index in [2.05, 4.69) is 43.5 Å². The zero-order valence-electron chi connectivity index (χ0n) is 25.9. The van der Waals surface area contributed by atoms with Gasteiger partial charge >= 0.3 is 0 Å². The minimum atomic E-state index is -0.863. The molecule has 0 heterocycles. The molecular formula is C35H65NO3. The summed E-state index contributed by atoms with van der Waals surface area (Å²) in [6.07, 6.45) is 39.7. The summed E-state index contributed by atoms with van der Waals surface area (Å²) in [6.45, 7) is 4.19. The fourth-order valence-corrected chi connectivity index (χ4v) is 4.74. The van der Waals surface area contributed by atoms with E-state index in [1.165, 1.54) is 96.3 Å². The lowest BCUT2D eigenvalue weighted by Crippen LogP contribution is -2.45. The molecule has 0 aromatic carbocycles. The predicted molar refractivity (Wildman–Crippen MR) is 170 cm³/mol. The molecule has 1 amide bonds. The molecule has 0 aromatic rings. The van der Waals surface area contributed by atoms with Gasteiger partial charge < -0.3 is 15.5 Å². The van der Waals surface area contributed by atoms with Crippen molar-refractivity contribution in [3.63, 3.8) is 0 Å². The minimum absolute atomic E-state index is 0.0935. The van der Waals surface area contributed by atoms with E-state index in [-0.39, 0.29) is 12.5 Å². The molecule has 0 aromatic heterocycles. The number of aliphatic hydroxyl groups is 2. The second-order valence-electron chi connectivity index (χ2n) is 11.2. The monoisotopic (exact) mass is 547 g/mol. The largest absolute Gasteiger partial charge is 0.394 e. The molecular weight excluding hydrogens is 482 g/mol. The van der Waals surface area contributed by atoms with Crippen molar-refractivity contribution in [3.8, 4) is 0 Å². The molecule has 2 atom stereocenters. The van der Waals surface area contributed by atoms with Gasteiger partial charge in [-0.25, -0.2) is 0 Å². The molecule has 0 aliphatic carbocycles. The van der Waals surface area contributed by atoms with Crippen molar-refractivity contribution in [3.05, 3.63) is 36.5 Å². The number of carbonyl (C=O) groups is 1. The van der Waals surface area contributed by atoms with E-state index >= 15 is 0 Å². The minimum Gasteiger partial charge on any atom is -0.394 e. The lowest BCUT2D eigenvalue weighted by atomic mass is 10.0. The third kappa shape index (κ3) is 28.0. The SMILES string of the molecule is CCCCCCCCCCCCCC/C=C/CC/C=C/CC/C=C/C(O)C(CO)NC(=O)CCCCCCC. The van der Waals surface area contributed by atoms with Crippen LogP contribution in [0, 0.1) is 0 Å². The number of allylic oxidation sites excluding steroid dienone is 5. The predicted octanol–water partition coefficient (Wildman–Crippen LogP) is 9.51. The van der Waals surface area contributed by atoms with Crippen molar-refractivity contribution in [2.45, 2.75) is 174 Å². The third-order valence-electron chi connectivity index (χ3n) is 7.35. The number of carbonyl (C=O) groups excluding carboxylic acids is 1. The summed E-state index contributed by atoms with van der Waals surface area (Å²) in [5.41, 5.74) is 0. The lowest BCUT2D eigenvalue weighted by Gasteiger charge is -2.19. The molecule has 2 unspecified atom stereocenters. The molecule has 0 rings (SSSR count). The Hall–Kier alpha value is -1.39. The van der Waals surface area contributed by atoms with Gasteiger partial charge in [-0.2, -0.15) is 0 Å². The van der Waals surface area contributed by atoms with Crippen LogP contribution in [0.3, 0.4) is 0 Å². The summed E-state index contributed by atoms with van der Waals surface area (Å²) in [7, 11) is 0. The maximum atomic E-state index is 12.0. The van der Waals surface area contributed by atoms with Crippen LogP contribution in [-0.2, 0) is 4.79 Å². The molecule has 0 aliphatic rings. The van der Waals surface area contributed by atoms with Gasteiger partial charge in [0.15, 0.2) is 0 Å². The van der Waals surface area contributed by atoms with Crippen LogP contribution in [0.15, 0.2) is 36.5 Å². The number of amides is 1. The van der Waals surface area contributed by atoms with Crippen molar-refractivity contribution in [1.82, 2.24) is 5.32 Å². The Labute approximate surface area is 242 Å². The first-order valence-electron chi connectivity index (χ1n) is 16.7. The molecule has 0 saturated heterocycles. The van der Waals surface area contributed by atoms with E-state index in [0.717, 1.165) is 44.9 Å². The standard InChI is InChI=1S/C35H65NO3/c1-3-5-7-9-10-11-12-13-14-15-16-17-18-19-20-21-22-23-24-25-27-28-30-34(38)33(32-37)36-35(39)31-29-26-8-6-4-2/h19-20,23-24,28,30,33-34,37-38H,3-18,21-22,25-27,29,31-32H2,1-2H3,(H,36,39)/b20-19+,24-23+,30-28+. The molecule has 0 spiro atoms. The van der Waals surface area contributed by atoms with Gasteiger partial charge in [-0.05, 0) is 44.9 Å². The van der Waals surface area contributed by atoms with Crippen molar-refractivity contribution < 1.29 is 15.0 Å². The number of aliphatic hydroxyl groups excluding tert-OH is 2. The first kappa shape index (κ1) is 37.6. The van der Waals surface area contributed by atoms with Crippen LogP contribution >= 0.6 is 0 Å². The summed E-state index contributed by atoms with van der Waals surface area (Å²) in [4.78, 5) is 12.0. The van der Waals surface area contributed by atoms with E-state index in [1.54, 1.807) is 6.08 Å². The van der Waals surface area contributed by atoms with Crippen molar-refractivity contribution >= 4 is 5.91 Å². The van der Waals surface area contributed by atoms with Crippen LogP contribution in [0.2, 0.25) is 0 Å². The molecule has 0 bridgehead atoms. The van der Waals surface area contributed by atoms with E-state index < -0.39 is 12.1 Å². The normalized spacial score (nSPS) is 13.6. The lowest BCUT2D eigenvalue weighted by molar-refractivity contribution is -0.123. The number of rotatable bonds is 29. The van der Waals surface area contributed by atoms with E-state index in [1.807, 2.05) is 6.08 Å². The Kier molecular flexibility index (Phi) is 30.0. The number of nitrogens with one attached hydrogen (secondary N) is 1. The molecule has 4 heteroatoms. The summed E-state index contributed by atoms with van der Waals surface area (Å²) in [5.74, 6) is -0.0935. The van der Waals surface area contributed by atoms with Crippen LogP contribution in [0.1, 0.15) is 162 Å². The van der Waals surface area contributed by atoms with Gasteiger partial charge in [0.1, 0.15) is 0 Å². The molecule has 3 N–H and O–H groups in total. The zero-order chi connectivity index (χ0) is 28.7. The summed E-state index contributed by atoms with van der Waals surface area (Å²) < 4.78 is 0. The van der Waals surface area contributed by atoms with Crippen LogP contribution in [0.5, 0.6) is 0 Å². The highest BCUT2D eigenvalue weighted by Crippen LogP contribution is 2.13. The maximum absolute atomic E-state index is 12.0. The Bertz CT molecular complexity index is 599. The van der Waals surface area contributed by atoms with Crippen molar-refractivity contribution in [2.75, 3.05) is 6.61 Å². The summed E-state index contributed by atoms with van der Waals surface area (Å²) >= 11 is 0. The second kappa shape index (κ2) is 31.1. The average Bonchev–Trinajstić information content (AvgIpc) is 2.94. The van der Waals surface area contributed by atoms with Gasteiger partial charge in [0, 0.05) is 6.42 Å². The fourth-order valence-electron chi connectivity index (χ4n) is 4.74. The maximum Gasteiger partial charge on any atom is 0.220 e. The fraction of sp³-hybridized carbons (Fsp3) is 0.800. The van der Waals surface area contributed by atoms with Gasteiger partial charge in [0.05, 0.1) is 18.8 Å². The van der Waals surface area contributed by atoms with Gasteiger partial charge in [-0.15, -0.1) is 0 Å². The van der Waals surface area contributed by atoms with E-state index in [9.17, 15) is 15.0 Å². The first-order chi connectivity index (χ1) is 19.2. The quantitative estimate of drug-likeness (QED) is 0.0645. The highest BCUT2D eigenvalue weighted by Gasteiger charge is 2.17. The third-order valence-corrected chi connectivity index (χ3v) is 7.35. The van der Waals surface area contributed by atoms with Crippen LogP contribution in [0.4, 0.5) is 0 Å². The molecule has 39 heavy (non-hydrogen) atoms. The number of hydrogen-bond acceptors (Lipinski definition) is 3. The molecule has 4 nitrogen and oxygen atoms in total. The van der Waals surface area contributed by atoms with Gasteiger partial charge in [-0.3, -0.25) is 4.79 Å². The van der Waals surface area contributed by atoms with Crippen LogP contribution in [0.25, 0.3) is 0 Å². The van der Waals surface area contributed by atoms with Crippen LogP contribution < -0.4 is 5.32 Å². The Morgan fingerprint density at radius 1 is 0.590 bits per heavy atom. The summed E-state index contributed by atoms with van der Waals surface area (Å²) in [5, 5.41) is 22.6. The highest BCUT2D eigenvalue weighted by molar-refractivity contribution is 5.76. The van der Waals surface area contributed by atoms with E-state index in [4.69, 9.17) is 0 Å². The second-order valence-corrected chi connectivity index (χ2v) is 11.2.